The smallest absolute Gasteiger partial charge is 0.462 e. The lowest BCUT2D eigenvalue weighted by molar-refractivity contribution is -0.161. The third kappa shape index (κ3) is 40.3. The van der Waals surface area contributed by atoms with Crippen molar-refractivity contribution in [2.24, 2.45) is 0 Å². The average Bonchev–Trinajstić information content (AvgIpc) is 3.21. The van der Waals surface area contributed by atoms with E-state index in [0.717, 1.165) is 38.5 Å². The fourth-order valence-electron chi connectivity index (χ4n) is 5.31. The van der Waals surface area contributed by atoms with Crippen LogP contribution in [-0.2, 0) is 32.7 Å². The van der Waals surface area contributed by atoms with Gasteiger partial charge in [-0.15, -0.1) is 0 Å². The fraction of sp³-hybridized carbons (Fsp3) is 0.652. The molecule has 0 radical (unpaired) electrons. The highest BCUT2D eigenvalue weighted by Gasteiger charge is 2.27. The standard InChI is InChI=1S/C46H77O12P/c1-3-5-7-8-9-10-11-12-13-14-15-16-20-23-29-35-45(51)55-39-44(40-57-59(53,54)56-38-43(50)37-47)58-46(52)36-30-24-28-34-42(49)33-27-22-19-17-18-21-26-32-41(48)31-25-6-4-2/h6,10-11,18-19,21-22,25-28,32-34,41-44,47-50H,3-5,7-9,12-17,20,23-24,29-31,35-40H2,1-2H3,(H,53,54)/b11-10-,21-18-,22-19-,25-6-,32-26+,33-27+,34-28-/t41-,42-,43-,44+/m0/s1. The number of hydrogen-bond acceptors (Lipinski definition) is 11. The maximum Gasteiger partial charge on any atom is 0.472 e. The molecule has 0 aliphatic heterocycles. The second-order valence-electron chi connectivity index (χ2n) is 14.4. The first kappa shape index (κ1) is 56.1. The predicted octanol–water partition coefficient (Wildman–Crippen LogP) is 9.39. The topological polar surface area (TPSA) is 189 Å². The van der Waals surface area contributed by atoms with Crippen LogP contribution >= 0.6 is 7.82 Å². The maximum atomic E-state index is 12.6. The first-order chi connectivity index (χ1) is 28.5. The first-order valence-corrected chi connectivity index (χ1v) is 23.3. The monoisotopic (exact) mass is 853 g/mol. The molecule has 0 saturated carbocycles. The van der Waals surface area contributed by atoms with E-state index in [1.807, 2.05) is 49.5 Å². The van der Waals surface area contributed by atoms with E-state index in [2.05, 4.69) is 23.6 Å². The van der Waals surface area contributed by atoms with Crippen LogP contribution in [0, 0.1) is 0 Å². The van der Waals surface area contributed by atoms with Gasteiger partial charge >= 0.3 is 19.8 Å². The van der Waals surface area contributed by atoms with Crippen LogP contribution in [0.1, 0.15) is 142 Å². The first-order valence-electron chi connectivity index (χ1n) is 21.8. The third-order valence-electron chi connectivity index (χ3n) is 8.71. The molecule has 0 fully saturated rings. The SMILES string of the molecule is CC/C=C\C[C@H](O)/C=C/C=C\C/C=C\C=C\[C@H](O)/C=C\CCCC(=O)O[C@H](COC(=O)CCCCCCCCC/C=C\CCCCCC)COP(=O)(O)OC[C@@H](O)CO. The Kier molecular flexibility index (Phi) is 38.5. The van der Waals surface area contributed by atoms with Crippen molar-refractivity contribution in [3.63, 3.8) is 0 Å². The molecule has 0 heterocycles. The molecule has 0 rings (SSSR count). The Balaban J connectivity index is 4.58. The van der Waals surface area contributed by atoms with E-state index in [0.29, 0.717) is 32.1 Å². The molecule has 0 aromatic rings. The summed E-state index contributed by atoms with van der Waals surface area (Å²) >= 11 is 0. The van der Waals surface area contributed by atoms with Crippen molar-refractivity contribution >= 4 is 19.8 Å². The predicted molar refractivity (Wildman–Crippen MR) is 235 cm³/mol. The Morgan fingerprint density at radius 3 is 1.86 bits per heavy atom. The normalized spacial score (nSPS) is 15.7. The number of ether oxygens (including phenoxy) is 2. The van der Waals surface area contributed by atoms with Crippen molar-refractivity contribution in [1.82, 2.24) is 0 Å². The number of carbonyl (C=O) groups excluding carboxylic acids is 2. The lowest BCUT2D eigenvalue weighted by atomic mass is 10.1. The number of phosphoric ester groups is 1. The van der Waals surface area contributed by atoms with E-state index >= 15 is 0 Å². The average molecular weight is 853 g/mol. The van der Waals surface area contributed by atoms with Crippen LogP contribution in [-0.4, -0.2) is 88.1 Å². The number of esters is 2. The number of allylic oxidation sites excluding steroid dienone is 10. The lowest BCUT2D eigenvalue weighted by Gasteiger charge is -2.20. The van der Waals surface area contributed by atoms with Gasteiger partial charge in [0.1, 0.15) is 12.7 Å². The minimum Gasteiger partial charge on any atom is -0.462 e. The Morgan fingerprint density at radius 1 is 0.610 bits per heavy atom. The van der Waals surface area contributed by atoms with E-state index in [9.17, 15) is 34.4 Å². The van der Waals surface area contributed by atoms with E-state index in [4.69, 9.17) is 19.1 Å². The van der Waals surface area contributed by atoms with Crippen LogP contribution in [0.5, 0.6) is 0 Å². The van der Waals surface area contributed by atoms with Gasteiger partial charge in [0.2, 0.25) is 0 Å². The number of rotatable bonds is 39. The summed E-state index contributed by atoms with van der Waals surface area (Å²) < 4.78 is 32.5. The maximum absolute atomic E-state index is 12.6. The third-order valence-corrected chi connectivity index (χ3v) is 9.66. The molecular weight excluding hydrogens is 775 g/mol. The van der Waals surface area contributed by atoms with Gasteiger partial charge in [0.05, 0.1) is 32.0 Å². The summed E-state index contributed by atoms with van der Waals surface area (Å²) in [5.74, 6) is -1.12. The van der Waals surface area contributed by atoms with Gasteiger partial charge in [-0.05, 0) is 64.2 Å². The molecule has 59 heavy (non-hydrogen) atoms. The van der Waals surface area contributed by atoms with E-state index in [1.54, 1.807) is 30.4 Å². The zero-order valence-electron chi connectivity index (χ0n) is 35.9. The molecule has 0 aliphatic rings. The zero-order valence-corrected chi connectivity index (χ0v) is 36.8. The highest BCUT2D eigenvalue weighted by atomic mass is 31.2. The summed E-state index contributed by atoms with van der Waals surface area (Å²) in [5, 5.41) is 38.3. The van der Waals surface area contributed by atoms with Crippen molar-refractivity contribution in [1.29, 1.82) is 0 Å². The van der Waals surface area contributed by atoms with Crippen molar-refractivity contribution < 1.29 is 58.0 Å². The van der Waals surface area contributed by atoms with Gasteiger partial charge in [-0.1, -0.05) is 150 Å². The van der Waals surface area contributed by atoms with Crippen molar-refractivity contribution in [3.8, 4) is 0 Å². The van der Waals surface area contributed by atoms with Crippen LogP contribution in [0.4, 0.5) is 0 Å². The molecule has 13 heteroatoms. The summed E-state index contributed by atoms with van der Waals surface area (Å²) in [6.07, 6.45) is 40.5. The van der Waals surface area contributed by atoms with Crippen molar-refractivity contribution in [2.45, 2.75) is 167 Å². The minimum absolute atomic E-state index is 0.00711. The lowest BCUT2D eigenvalue weighted by Crippen LogP contribution is -2.29. The molecule has 0 spiro atoms. The number of carbonyl (C=O) groups is 2. The van der Waals surface area contributed by atoms with Crippen molar-refractivity contribution in [2.75, 3.05) is 26.4 Å². The second kappa shape index (κ2) is 40.5. The van der Waals surface area contributed by atoms with Crippen LogP contribution in [0.25, 0.3) is 0 Å². The molecule has 338 valence electrons. The van der Waals surface area contributed by atoms with Crippen LogP contribution in [0.2, 0.25) is 0 Å². The molecule has 0 amide bonds. The second-order valence-corrected chi connectivity index (χ2v) is 15.8. The van der Waals surface area contributed by atoms with Gasteiger partial charge in [0.25, 0.3) is 0 Å². The number of phosphoric acid groups is 1. The van der Waals surface area contributed by atoms with Gasteiger partial charge in [-0.25, -0.2) is 4.57 Å². The molecule has 1 unspecified atom stereocenters. The van der Waals surface area contributed by atoms with Crippen LogP contribution in [0.3, 0.4) is 0 Å². The Hall–Kier alpha value is -2.93. The molecule has 0 saturated heterocycles. The molecule has 0 aromatic carbocycles. The number of hydrogen-bond donors (Lipinski definition) is 5. The molecular formula is C46H77O12P. The fourth-order valence-corrected chi connectivity index (χ4v) is 6.10. The van der Waals surface area contributed by atoms with Gasteiger partial charge in [-0.2, -0.15) is 0 Å². The molecule has 0 aliphatic carbocycles. The van der Waals surface area contributed by atoms with E-state index < -0.39 is 70.6 Å². The molecule has 12 nitrogen and oxygen atoms in total. The largest absolute Gasteiger partial charge is 0.472 e. The Bertz CT molecular complexity index is 1290. The zero-order chi connectivity index (χ0) is 43.7. The van der Waals surface area contributed by atoms with E-state index in [1.165, 1.54) is 44.9 Å². The summed E-state index contributed by atoms with van der Waals surface area (Å²) in [6, 6.07) is 0. The quantitative estimate of drug-likeness (QED) is 0.0130. The Morgan fingerprint density at radius 2 is 1.20 bits per heavy atom. The van der Waals surface area contributed by atoms with Gasteiger partial charge in [-0.3, -0.25) is 18.6 Å². The van der Waals surface area contributed by atoms with E-state index in [-0.39, 0.29) is 12.8 Å². The van der Waals surface area contributed by atoms with Crippen LogP contribution in [0.15, 0.2) is 85.1 Å². The number of aliphatic hydroxyl groups excluding tert-OH is 4. The van der Waals surface area contributed by atoms with Gasteiger partial charge in [0.15, 0.2) is 6.10 Å². The van der Waals surface area contributed by atoms with Gasteiger partial charge in [0, 0.05) is 12.8 Å². The number of unbranched alkanes of at least 4 members (excludes halogenated alkanes) is 12. The summed E-state index contributed by atoms with van der Waals surface area (Å²) in [6.45, 7) is 1.93. The molecule has 5 N–H and O–H groups in total. The minimum atomic E-state index is -4.68. The molecule has 5 atom stereocenters. The summed E-state index contributed by atoms with van der Waals surface area (Å²) in [4.78, 5) is 35.0. The molecule has 0 aromatic heterocycles. The highest BCUT2D eigenvalue weighted by Crippen LogP contribution is 2.43. The highest BCUT2D eigenvalue weighted by molar-refractivity contribution is 7.47. The number of aliphatic hydroxyl groups is 4. The van der Waals surface area contributed by atoms with Crippen LogP contribution < -0.4 is 0 Å². The Labute approximate surface area is 355 Å². The summed E-state index contributed by atoms with van der Waals surface area (Å²) in [5.41, 5.74) is 0. The molecule has 0 bridgehead atoms. The van der Waals surface area contributed by atoms with Gasteiger partial charge < -0.3 is 34.8 Å². The summed E-state index contributed by atoms with van der Waals surface area (Å²) in [7, 11) is -4.68. The van der Waals surface area contributed by atoms with Crippen molar-refractivity contribution in [3.05, 3.63) is 85.1 Å².